The molecule has 0 spiro atoms. The number of rotatable bonds is 7. The third-order valence-electron chi connectivity index (χ3n) is 4.12. The molecule has 27 heavy (non-hydrogen) atoms. The highest BCUT2D eigenvalue weighted by Crippen LogP contribution is 2.29. The Morgan fingerprint density at radius 3 is 2.78 bits per heavy atom. The molecule has 0 aliphatic carbocycles. The monoisotopic (exact) mass is 380 g/mol. The summed E-state index contributed by atoms with van der Waals surface area (Å²) in [5.41, 5.74) is 3.67. The van der Waals surface area contributed by atoms with Gasteiger partial charge in [-0.2, -0.15) is 4.68 Å². The molecule has 7 nitrogen and oxygen atoms in total. The summed E-state index contributed by atoms with van der Waals surface area (Å²) in [6, 6.07) is 17.7. The van der Waals surface area contributed by atoms with E-state index in [-0.39, 0.29) is 0 Å². The minimum atomic E-state index is 0.598. The summed E-state index contributed by atoms with van der Waals surface area (Å²) in [6.07, 6.45) is 2.48. The molecule has 8 heteroatoms. The summed E-state index contributed by atoms with van der Waals surface area (Å²) in [5, 5.41) is 19.4. The first kappa shape index (κ1) is 17.4. The van der Waals surface area contributed by atoms with Crippen molar-refractivity contribution in [2.45, 2.75) is 13.0 Å². The highest BCUT2D eigenvalue weighted by Gasteiger charge is 2.14. The average molecular weight is 381 g/mol. The van der Waals surface area contributed by atoms with E-state index in [2.05, 4.69) is 38.1 Å². The first-order chi connectivity index (χ1) is 13.3. The van der Waals surface area contributed by atoms with Crippen molar-refractivity contribution in [3.05, 3.63) is 77.2 Å². The van der Waals surface area contributed by atoms with E-state index < -0.39 is 0 Å². The van der Waals surface area contributed by atoms with Gasteiger partial charge in [0, 0.05) is 23.2 Å². The van der Waals surface area contributed by atoms with E-state index in [4.69, 9.17) is 16.1 Å². The van der Waals surface area contributed by atoms with Crippen molar-refractivity contribution in [2.75, 3.05) is 6.54 Å². The van der Waals surface area contributed by atoms with E-state index in [0.29, 0.717) is 17.3 Å². The summed E-state index contributed by atoms with van der Waals surface area (Å²) >= 11 is 6.16. The van der Waals surface area contributed by atoms with Gasteiger partial charge in [0.15, 0.2) is 5.76 Å². The number of halogens is 1. The van der Waals surface area contributed by atoms with Crippen LogP contribution in [0.15, 0.2) is 65.4 Å². The van der Waals surface area contributed by atoms with Crippen molar-refractivity contribution in [3.8, 4) is 17.0 Å². The molecule has 2 aromatic heterocycles. The second-order valence-corrected chi connectivity index (χ2v) is 6.45. The Bertz CT molecular complexity index is 1000. The Labute approximate surface area is 160 Å². The van der Waals surface area contributed by atoms with Gasteiger partial charge in [-0.15, -0.1) is 5.10 Å². The number of hydrogen-bond acceptors (Lipinski definition) is 6. The van der Waals surface area contributed by atoms with Crippen LogP contribution in [0.3, 0.4) is 0 Å². The van der Waals surface area contributed by atoms with Crippen LogP contribution in [-0.2, 0) is 13.0 Å². The minimum absolute atomic E-state index is 0.598. The van der Waals surface area contributed by atoms with Crippen LogP contribution in [0.5, 0.6) is 0 Å². The fourth-order valence-corrected chi connectivity index (χ4v) is 2.97. The molecular formula is C19H17ClN6O. The SMILES string of the molecule is Clc1ccc(-n2cnnn2)c(-c2cc(CNCCc3ccccc3)no2)c1. The van der Waals surface area contributed by atoms with Crippen molar-refractivity contribution in [2.24, 2.45) is 0 Å². The molecule has 136 valence electrons. The van der Waals surface area contributed by atoms with Crippen molar-refractivity contribution >= 4 is 11.6 Å². The van der Waals surface area contributed by atoms with Gasteiger partial charge >= 0.3 is 0 Å². The van der Waals surface area contributed by atoms with Gasteiger partial charge in [-0.1, -0.05) is 47.1 Å². The van der Waals surface area contributed by atoms with Gasteiger partial charge in [-0.25, -0.2) is 0 Å². The van der Waals surface area contributed by atoms with Gasteiger partial charge < -0.3 is 9.84 Å². The molecule has 0 radical (unpaired) electrons. The molecule has 0 amide bonds. The third kappa shape index (κ3) is 4.21. The van der Waals surface area contributed by atoms with Gasteiger partial charge in [-0.05, 0) is 47.2 Å². The highest BCUT2D eigenvalue weighted by molar-refractivity contribution is 6.31. The molecule has 0 saturated heterocycles. The Morgan fingerprint density at radius 2 is 1.96 bits per heavy atom. The summed E-state index contributed by atoms with van der Waals surface area (Å²) in [4.78, 5) is 0. The highest BCUT2D eigenvalue weighted by atomic mass is 35.5. The van der Waals surface area contributed by atoms with E-state index in [1.165, 1.54) is 11.9 Å². The quantitative estimate of drug-likeness (QED) is 0.495. The number of nitrogens with one attached hydrogen (secondary N) is 1. The number of benzene rings is 2. The fourth-order valence-electron chi connectivity index (χ4n) is 2.79. The largest absolute Gasteiger partial charge is 0.356 e. The summed E-state index contributed by atoms with van der Waals surface area (Å²) in [7, 11) is 0. The Balaban J connectivity index is 1.44. The maximum atomic E-state index is 6.16. The van der Waals surface area contributed by atoms with Crippen molar-refractivity contribution in [3.63, 3.8) is 0 Å². The zero-order valence-corrected chi connectivity index (χ0v) is 15.2. The van der Waals surface area contributed by atoms with Crippen LogP contribution in [-0.4, -0.2) is 31.9 Å². The summed E-state index contributed by atoms with van der Waals surface area (Å²) in [5.74, 6) is 0.614. The minimum Gasteiger partial charge on any atom is -0.356 e. The lowest BCUT2D eigenvalue weighted by Gasteiger charge is -2.05. The molecule has 0 fully saturated rings. The Hall–Kier alpha value is -3.03. The van der Waals surface area contributed by atoms with Gasteiger partial charge in [0.2, 0.25) is 0 Å². The molecule has 4 aromatic rings. The fraction of sp³-hybridized carbons (Fsp3) is 0.158. The zero-order chi connectivity index (χ0) is 18.5. The molecule has 4 rings (SSSR count). The predicted octanol–water partition coefficient (Wildman–Crippen LogP) is 3.30. The van der Waals surface area contributed by atoms with Gasteiger partial charge in [0.05, 0.1) is 11.4 Å². The molecule has 2 aromatic carbocycles. The lowest BCUT2D eigenvalue weighted by molar-refractivity contribution is 0.420. The molecule has 1 N–H and O–H groups in total. The first-order valence-electron chi connectivity index (χ1n) is 8.53. The number of nitrogens with zero attached hydrogens (tertiary/aromatic N) is 5. The van der Waals surface area contributed by atoms with Crippen LogP contribution in [0.2, 0.25) is 5.02 Å². The molecule has 0 saturated carbocycles. The molecule has 0 unspecified atom stereocenters. The molecule has 0 aliphatic heterocycles. The average Bonchev–Trinajstić information content (AvgIpc) is 3.38. The maximum absolute atomic E-state index is 6.16. The first-order valence-corrected chi connectivity index (χ1v) is 8.91. The van der Waals surface area contributed by atoms with Crippen LogP contribution >= 0.6 is 11.6 Å². The van der Waals surface area contributed by atoms with Gasteiger partial charge in [0.25, 0.3) is 0 Å². The summed E-state index contributed by atoms with van der Waals surface area (Å²) < 4.78 is 7.09. The number of aromatic nitrogens is 5. The Kier molecular flexibility index (Phi) is 5.22. The van der Waals surface area contributed by atoms with Crippen LogP contribution in [0, 0.1) is 0 Å². The molecule has 2 heterocycles. The molecule has 0 aliphatic rings. The lowest BCUT2D eigenvalue weighted by Crippen LogP contribution is -2.16. The molecular weight excluding hydrogens is 364 g/mol. The maximum Gasteiger partial charge on any atom is 0.169 e. The second-order valence-electron chi connectivity index (χ2n) is 6.01. The van der Waals surface area contributed by atoms with E-state index >= 15 is 0 Å². The third-order valence-corrected chi connectivity index (χ3v) is 4.35. The van der Waals surface area contributed by atoms with Crippen LogP contribution in [0.1, 0.15) is 11.3 Å². The lowest BCUT2D eigenvalue weighted by atomic mass is 10.1. The second kappa shape index (κ2) is 8.11. The van der Waals surface area contributed by atoms with E-state index in [1.54, 1.807) is 10.7 Å². The Morgan fingerprint density at radius 1 is 1.07 bits per heavy atom. The van der Waals surface area contributed by atoms with Crippen LogP contribution < -0.4 is 5.32 Å². The van der Waals surface area contributed by atoms with E-state index in [0.717, 1.165) is 29.9 Å². The predicted molar refractivity (Wildman–Crippen MR) is 102 cm³/mol. The normalized spacial score (nSPS) is 11.0. The van der Waals surface area contributed by atoms with Gasteiger partial charge in [0.1, 0.15) is 6.33 Å². The number of hydrogen-bond donors (Lipinski definition) is 1. The van der Waals surface area contributed by atoms with Crippen molar-refractivity contribution < 1.29 is 4.52 Å². The smallest absolute Gasteiger partial charge is 0.169 e. The van der Waals surface area contributed by atoms with Crippen LogP contribution in [0.25, 0.3) is 17.0 Å². The van der Waals surface area contributed by atoms with E-state index in [9.17, 15) is 0 Å². The molecule has 0 atom stereocenters. The topological polar surface area (TPSA) is 81.7 Å². The van der Waals surface area contributed by atoms with Gasteiger partial charge in [-0.3, -0.25) is 0 Å². The number of tetrazole rings is 1. The standard InChI is InChI=1S/C19H17ClN6O/c20-15-6-7-18(26-13-22-24-25-26)17(10-15)19-11-16(23-27-19)12-21-9-8-14-4-2-1-3-5-14/h1-7,10-11,13,21H,8-9,12H2. The van der Waals surface area contributed by atoms with Crippen molar-refractivity contribution in [1.29, 1.82) is 0 Å². The zero-order valence-electron chi connectivity index (χ0n) is 14.4. The van der Waals surface area contributed by atoms with E-state index in [1.807, 2.05) is 36.4 Å². The summed E-state index contributed by atoms with van der Waals surface area (Å²) in [6.45, 7) is 1.48. The molecule has 0 bridgehead atoms. The van der Waals surface area contributed by atoms with Crippen LogP contribution in [0.4, 0.5) is 0 Å². The van der Waals surface area contributed by atoms with Crippen molar-refractivity contribution in [1.82, 2.24) is 30.7 Å².